The maximum atomic E-state index is 10.9. The molecule has 0 aliphatic carbocycles. The predicted molar refractivity (Wildman–Crippen MR) is 48.5 cm³/mol. The third kappa shape index (κ3) is 1.78. The first kappa shape index (κ1) is 9.10. The molecule has 0 unspecified atom stereocenters. The number of alkyl halides is 1. The minimum atomic E-state index is -0.628. The molecule has 0 amide bonds. The molecule has 1 heterocycles. The van der Waals surface area contributed by atoms with Gasteiger partial charge in [0.1, 0.15) is 0 Å². The molecule has 64 valence electrons. The molecule has 1 N–H and O–H groups in total. The molecule has 1 aromatic heterocycles. The average Bonchev–Trinajstić information content (AvgIpc) is 2.51. The zero-order valence-corrected chi connectivity index (χ0v) is 7.94. The quantitative estimate of drug-likeness (QED) is 0.293. The highest BCUT2D eigenvalue weighted by molar-refractivity contribution is 14.1. The van der Waals surface area contributed by atoms with Crippen LogP contribution in [0, 0.1) is 10.1 Å². The van der Waals surface area contributed by atoms with E-state index in [1.54, 1.807) is 0 Å². The lowest BCUT2D eigenvalue weighted by Gasteiger charge is -1.84. The largest absolute Gasteiger partial charge is 0.358 e. The van der Waals surface area contributed by atoms with Gasteiger partial charge in [-0.05, 0) is 4.92 Å². The van der Waals surface area contributed by atoms with Crippen molar-refractivity contribution in [3.8, 4) is 0 Å². The second kappa shape index (κ2) is 3.61. The Hall–Kier alpha value is -0.990. The summed E-state index contributed by atoms with van der Waals surface area (Å²) in [5, 5.41) is 15.8. The minimum absolute atomic E-state index is 0.108. The van der Waals surface area contributed by atoms with E-state index in [0.29, 0.717) is 0 Å². The summed E-state index contributed by atoms with van der Waals surface area (Å²) in [6.45, 7) is 0. The molecule has 0 aromatic carbocycles. The van der Waals surface area contributed by atoms with Gasteiger partial charge in [0, 0.05) is 0 Å². The Morgan fingerprint density at radius 3 is 2.92 bits per heavy atom. The van der Waals surface area contributed by atoms with E-state index in [9.17, 15) is 14.9 Å². The Balaban J connectivity index is 2.91. The number of H-pyrrole nitrogens is 1. The monoisotopic (exact) mass is 281 g/mol. The van der Waals surface area contributed by atoms with E-state index in [2.05, 4.69) is 10.2 Å². The van der Waals surface area contributed by atoms with Crippen molar-refractivity contribution in [2.75, 3.05) is 4.43 Å². The van der Waals surface area contributed by atoms with E-state index in [0.717, 1.165) is 6.07 Å². The second-order valence-electron chi connectivity index (χ2n) is 1.95. The van der Waals surface area contributed by atoms with Crippen molar-refractivity contribution in [1.82, 2.24) is 10.2 Å². The summed E-state index contributed by atoms with van der Waals surface area (Å²) in [6.07, 6.45) is 0. The van der Waals surface area contributed by atoms with Crippen molar-refractivity contribution < 1.29 is 9.72 Å². The van der Waals surface area contributed by atoms with Crippen LogP contribution in [0.5, 0.6) is 0 Å². The lowest BCUT2D eigenvalue weighted by Crippen LogP contribution is -1.99. The Morgan fingerprint density at radius 2 is 2.50 bits per heavy atom. The molecule has 0 aliphatic rings. The molecular formula is C5H4IN3O3. The van der Waals surface area contributed by atoms with Crippen molar-refractivity contribution in [3.63, 3.8) is 0 Å². The summed E-state index contributed by atoms with van der Waals surface area (Å²) < 4.78 is 0.264. The van der Waals surface area contributed by atoms with Crippen LogP contribution in [0.15, 0.2) is 6.07 Å². The van der Waals surface area contributed by atoms with E-state index < -0.39 is 4.92 Å². The van der Waals surface area contributed by atoms with Crippen LogP contribution in [-0.4, -0.2) is 25.3 Å². The summed E-state index contributed by atoms with van der Waals surface area (Å²) >= 11 is 1.87. The molecule has 0 saturated carbocycles. The van der Waals surface area contributed by atoms with Crippen LogP contribution in [-0.2, 0) is 0 Å². The van der Waals surface area contributed by atoms with Gasteiger partial charge in [0.25, 0.3) is 0 Å². The molecule has 1 rings (SSSR count). The number of nitrogens with one attached hydrogen (secondary N) is 1. The normalized spacial score (nSPS) is 9.75. The zero-order valence-electron chi connectivity index (χ0n) is 5.78. The molecule has 0 bridgehead atoms. The van der Waals surface area contributed by atoms with Gasteiger partial charge in [-0.2, -0.15) is 0 Å². The number of Topliss-reactive ketones (excluding diaryl/α,β-unsaturated/α-hetero) is 1. The fourth-order valence-corrected chi connectivity index (χ4v) is 1.01. The molecule has 1 aromatic rings. The van der Waals surface area contributed by atoms with Crippen molar-refractivity contribution in [3.05, 3.63) is 21.9 Å². The van der Waals surface area contributed by atoms with Gasteiger partial charge in [0.15, 0.2) is 11.5 Å². The van der Waals surface area contributed by atoms with Gasteiger partial charge in [0.05, 0.1) is 10.5 Å². The summed E-state index contributed by atoms with van der Waals surface area (Å²) in [4.78, 5) is 20.5. The smallest absolute Gasteiger partial charge is 0.343 e. The number of ketones is 1. The van der Waals surface area contributed by atoms with Crippen LogP contribution in [0.25, 0.3) is 0 Å². The van der Waals surface area contributed by atoms with Gasteiger partial charge in [-0.25, -0.2) is 0 Å². The Labute approximate surface area is 80.6 Å². The van der Waals surface area contributed by atoms with Crippen molar-refractivity contribution in [1.29, 1.82) is 0 Å². The number of hydrogen-bond donors (Lipinski definition) is 1. The Bertz CT molecular complexity index is 321. The average molecular weight is 281 g/mol. The molecule has 6 nitrogen and oxygen atoms in total. The van der Waals surface area contributed by atoms with E-state index >= 15 is 0 Å². The topological polar surface area (TPSA) is 88.9 Å². The van der Waals surface area contributed by atoms with Gasteiger partial charge in [-0.1, -0.05) is 27.7 Å². The fraction of sp³-hybridized carbons (Fsp3) is 0.200. The summed E-state index contributed by atoms with van der Waals surface area (Å²) in [5.74, 6) is -0.483. The van der Waals surface area contributed by atoms with E-state index in [1.807, 2.05) is 22.6 Å². The number of carbonyl (C=O) groups excluding carboxylic acids is 1. The molecular weight excluding hydrogens is 277 g/mol. The molecule has 0 aliphatic heterocycles. The fourth-order valence-electron chi connectivity index (χ4n) is 0.616. The SMILES string of the molecule is O=C(CI)c1cc([N+](=O)[O-])[nH]n1. The first-order chi connectivity index (χ1) is 5.65. The number of aromatic amines is 1. The van der Waals surface area contributed by atoms with Crippen LogP contribution in [0.2, 0.25) is 0 Å². The van der Waals surface area contributed by atoms with Crippen LogP contribution in [0.3, 0.4) is 0 Å². The highest BCUT2D eigenvalue weighted by atomic mass is 127. The first-order valence-electron chi connectivity index (χ1n) is 2.94. The maximum Gasteiger partial charge on any atom is 0.343 e. The van der Waals surface area contributed by atoms with Crippen LogP contribution >= 0.6 is 22.6 Å². The number of hydrogen-bond acceptors (Lipinski definition) is 4. The molecule has 0 spiro atoms. The van der Waals surface area contributed by atoms with E-state index in [-0.39, 0.29) is 21.7 Å². The number of aromatic nitrogens is 2. The Morgan fingerprint density at radius 1 is 1.83 bits per heavy atom. The third-order valence-electron chi connectivity index (χ3n) is 1.17. The minimum Gasteiger partial charge on any atom is -0.358 e. The number of carbonyl (C=O) groups is 1. The second-order valence-corrected chi connectivity index (χ2v) is 2.72. The number of nitro groups is 1. The van der Waals surface area contributed by atoms with Crippen molar-refractivity contribution in [2.45, 2.75) is 0 Å². The van der Waals surface area contributed by atoms with E-state index in [4.69, 9.17) is 0 Å². The van der Waals surface area contributed by atoms with Gasteiger partial charge in [0.2, 0.25) is 0 Å². The molecule has 0 radical (unpaired) electrons. The van der Waals surface area contributed by atoms with Crippen molar-refractivity contribution in [2.24, 2.45) is 0 Å². The molecule has 12 heavy (non-hydrogen) atoms. The highest BCUT2D eigenvalue weighted by Crippen LogP contribution is 2.08. The van der Waals surface area contributed by atoms with Crippen LogP contribution < -0.4 is 0 Å². The number of rotatable bonds is 3. The zero-order chi connectivity index (χ0) is 9.14. The van der Waals surface area contributed by atoms with Gasteiger partial charge < -0.3 is 10.1 Å². The maximum absolute atomic E-state index is 10.9. The summed E-state index contributed by atoms with van der Waals surface area (Å²) in [5.41, 5.74) is 0.108. The van der Waals surface area contributed by atoms with Gasteiger partial charge in [-0.3, -0.25) is 4.79 Å². The molecule has 7 heteroatoms. The van der Waals surface area contributed by atoms with Crippen molar-refractivity contribution >= 4 is 34.2 Å². The van der Waals surface area contributed by atoms with Crippen LogP contribution in [0.4, 0.5) is 5.82 Å². The summed E-state index contributed by atoms with van der Waals surface area (Å²) in [6, 6.07) is 1.13. The molecule has 0 atom stereocenters. The summed E-state index contributed by atoms with van der Waals surface area (Å²) in [7, 11) is 0. The van der Waals surface area contributed by atoms with E-state index in [1.165, 1.54) is 0 Å². The highest BCUT2D eigenvalue weighted by Gasteiger charge is 2.14. The van der Waals surface area contributed by atoms with Gasteiger partial charge in [-0.15, -0.1) is 5.10 Å². The molecule has 0 saturated heterocycles. The standard InChI is InChI=1S/C5H4IN3O3/c6-2-4(10)3-1-5(8-7-3)9(11)12/h1H,2H2,(H,7,8). The number of nitrogens with zero attached hydrogens (tertiary/aromatic N) is 2. The first-order valence-corrected chi connectivity index (χ1v) is 4.46. The third-order valence-corrected chi connectivity index (χ3v) is 1.86. The predicted octanol–water partition coefficient (Wildman–Crippen LogP) is 0.936. The lowest BCUT2D eigenvalue weighted by molar-refractivity contribution is -0.389. The Kier molecular flexibility index (Phi) is 2.74. The molecule has 0 fully saturated rings. The van der Waals surface area contributed by atoms with Crippen LogP contribution in [0.1, 0.15) is 10.5 Å². The van der Waals surface area contributed by atoms with Gasteiger partial charge >= 0.3 is 5.82 Å². The lowest BCUT2D eigenvalue weighted by atomic mass is 10.3. The number of halogens is 1.